The first-order chi connectivity index (χ1) is 13.8. The number of carbonyl (C=O) groups excluding carboxylic acids is 1. The largest absolute Gasteiger partial charge is 0.338 e. The molecule has 0 aromatic heterocycles. The lowest BCUT2D eigenvalue weighted by Crippen LogP contribution is -2.34. The lowest BCUT2D eigenvalue weighted by Gasteiger charge is -2.23. The Bertz CT molecular complexity index is 732. The molecule has 5 rings (SSSR count). The van der Waals surface area contributed by atoms with Gasteiger partial charge in [-0.2, -0.15) is 0 Å². The molecule has 2 unspecified atom stereocenters. The van der Waals surface area contributed by atoms with Gasteiger partial charge in [-0.25, -0.2) is 0 Å². The molecule has 0 radical (unpaired) electrons. The van der Waals surface area contributed by atoms with E-state index in [0.29, 0.717) is 23.7 Å². The smallest absolute Gasteiger partial charge is 0.225 e. The monoisotopic (exact) mass is 414 g/mol. The van der Waals surface area contributed by atoms with Crippen molar-refractivity contribution in [3.63, 3.8) is 0 Å². The van der Waals surface area contributed by atoms with Gasteiger partial charge in [0.1, 0.15) is 0 Å². The number of benzene rings is 1. The molecular weight excluding hydrogens is 380 g/mol. The first-order valence-corrected chi connectivity index (χ1v) is 11.6. The van der Waals surface area contributed by atoms with Crippen molar-refractivity contribution in [2.75, 3.05) is 32.7 Å². The first kappa shape index (κ1) is 20.9. The fourth-order valence-electron chi connectivity index (χ4n) is 5.99. The van der Waals surface area contributed by atoms with E-state index in [9.17, 15) is 4.79 Å². The number of halogens is 1. The van der Waals surface area contributed by atoms with Crippen LogP contribution in [0.2, 0.25) is 0 Å². The second-order valence-corrected chi connectivity index (χ2v) is 9.47. The van der Waals surface area contributed by atoms with Gasteiger partial charge in [0.25, 0.3) is 0 Å². The predicted molar refractivity (Wildman–Crippen MR) is 121 cm³/mol. The van der Waals surface area contributed by atoms with E-state index in [4.69, 9.17) is 0 Å². The maximum atomic E-state index is 12.8. The molecule has 158 valence electrons. The summed E-state index contributed by atoms with van der Waals surface area (Å²) in [7, 11) is 0. The number of nitrogens with zero attached hydrogens (tertiary/aromatic N) is 2. The van der Waals surface area contributed by atoms with E-state index in [-0.39, 0.29) is 12.4 Å². The molecule has 2 aliphatic carbocycles. The van der Waals surface area contributed by atoms with Gasteiger partial charge in [0.05, 0.1) is 0 Å². The summed E-state index contributed by atoms with van der Waals surface area (Å²) in [5.41, 5.74) is 4.46. The summed E-state index contributed by atoms with van der Waals surface area (Å²) < 4.78 is 0. The zero-order chi connectivity index (χ0) is 18.9. The van der Waals surface area contributed by atoms with E-state index in [1.807, 2.05) is 0 Å². The van der Waals surface area contributed by atoms with Gasteiger partial charge >= 0.3 is 0 Å². The average molecular weight is 415 g/mol. The number of likely N-dealkylation sites (tertiary alicyclic amines) is 2. The van der Waals surface area contributed by atoms with Crippen molar-refractivity contribution < 1.29 is 4.79 Å². The van der Waals surface area contributed by atoms with Gasteiger partial charge in [-0.15, -0.1) is 12.4 Å². The molecule has 0 spiro atoms. The van der Waals surface area contributed by atoms with E-state index in [1.165, 1.54) is 68.4 Å². The zero-order valence-corrected chi connectivity index (χ0v) is 18.3. The summed E-state index contributed by atoms with van der Waals surface area (Å²) in [5, 5.41) is 0. The van der Waals surface area contributed by atoms with E-state index < -0.39 is 0 Å². The van der Waals surface area contributed by atoms with Crippen LogP contribution in [0.25, 0.3) is 0 Å². The molecule has 29 heavy (non-hydrogen) atoms. The molecule has 2 atom stereocenters. The molecule has 2 heterocycles. The van der Waals surface area contributed by atoms with Crippen LogP contribution in [0.3, 0.4) is 0 Å². The van der Waals surface area contributed by atoms with Crippen molar-refractivity contribution in [3.05, 3.63) is 47.0 Å². The van der Waals surface area contributed by atoms with Crippen LogP contribution in [0.15, 0.2) is 35.9 Å². The Morgan fingerprint density at radius 3 is 2.41 bits per heavy atom. The Labute approximate surface area is 181 Å². The number of allylic oxidation sites excluding steroid dienone is 1. The maximum absolute atomic E-state index is 12.8. The molecule has 1 amide bonds. The summed E-state index contributed by atoms with van der Waals surface area (Å²) in [6.07, 6.45) is 12.2. The third-order valence-corrected chi connectivity index (χ3v) is 7.73. The molecule has 4 aliphatic rings. The quantitative estimate of drug-likeness (QED) is 0.645. The zero-order valence-electron chi connectivity index (χ0n) is 17.5. The minimum absolute atomic E-state index is 0. The maximum Gasteiger partial charge on any atom is 0.225 e. The minimum atomic E-state index is 0. The molecular formula is C25H35ClN2O. The Morgan fingerprint density at radius 2 is 1.69 bits per heavy atom. The number of hydrogen-bond acceptors (Lipinski definition) is 2. The molecule has 3 nitrogen and oxygen atoms in total. The van der Waals surface area contributed by atoms with Crippen LogP contribution in [0.1, 0.15) is 62.0 Å². The van der Waals surface area contributed by atoms with Crippen molar-refractivity contribution in [1.29, 1.82) is 0 Å². The van der Waals surface area contributed by atoms with Crippen LogP contribution >= 0.6 is 12.4 Å². The van der Waals surface area contributed by atoms with Crippen molar-refractivity contribution in [2.45, 2.75) is 57.3 Å². The van der Waals surface area contributed by atoms with E-state index in [1.54, 1.807) is 0 Å². The average Bonchev–Trinajstić information content (AvgIpc) is 3.51. The second kappa shape index (κ2) is 9.22. The summed E-state index contributed by atoms with van der Waals surface area (Å²) in [6.45, 7) is 5.61. The Hall–Kier alpha value is -1.32. The van der Waals surface area contributed by atoms with E-state index in [2.05, 4.69) is 40.1 Å². The van der Waals surface area contributed by atoms with E-state index >= 15 is 0 Å². The Kier molecular flexibility index (Phi) is 6.66. The number of hydrogen-bond donors (Lipinski definition) is 0. The predicted octanol–water partition coefficient (Wildman–Crippen LogP) is 4.81. The third kappa shape index (κ3) is 4.41. The van der Waals surface area contributed by atoms with Crippen molar-refractivity contribution >= 4 is 18.3 Å². The number of rotatable bonds is 5. The SMILES string of the molecule is Cl.O=C(C1CCCC1)N1CC2=CCC(c3ccc(CCN4CCCC4)cc3)C2C1. The van der Waals surface area contributed by atoms with Gasteiger partial charge in [0.2, 0.25) is 5.91 Å². The minimum Gasteiger partial charge on any atom is -0.338 e. The number of carbonyl (C=O) groups is 1. The standard InChI is InChI=1S/C25H34N2O.ClH/c28-25(21-5-1-2-6-21)27-17-22-11-12-23(24(22)18-27)20-9-7-19(8-10-20)13-16-26-14-3-4-15-26;/h7-11,21,23-24H,1-6,12-18H2;1H. The lowest BCUT2D eigenvalue weighted by atomic mass is 9.86. The highest BCUT2D eigenvalue weighted by Gasteiger charge is 2.40. The molecule has 1 saturated carbocycles. The van der Waals surface area contributed by atoms with Crippen LogP contribution in [-0.2, 0) is 11.2 Å². The topological polar surface area (TPSA) is 23.6 Å². The van der Waals surface area contributed by atoms with Gasteiger partial charge in [0, 0.05) is 31.5 Å². The second-order valence-electron chi connectivity index (χ2n) is 9.47. The first-order valence-electron chi connectivity index (χ1n) is 11.6. The molecule has 0 N–H and O–H groups in total. The van der Waals surface area contributed by atoms with Crippen LogP contribution in [0, 0.1) is 11.8 Å². The third-order valence-electron chi connectivity index (χ3n) is 7.73. The number of fused-ring (bicyclic) bond motifs is 1. The molecule has 4 heteroatoms. The van der Waals surface area contributed by atoms with Crippen molar-refractivity contribution in [3.8, 4) is 0 Å². The highest BCUT2D eigenvalue weighted by molar-refractivity contribution is 5.85. The Morgan fingerprint density at radius 1 is 0.966 bits per heavy atom. The summed E-state index contributed by atoms with van der Waals surface area (Å²) >= 11 is 0. The normalized spacial score (nSPS) is 27.2. The summed E-state index contributed by atoms with van der Waals surface area (Å²) in [6, 6.07) is 9.42. The molecule has 1 aromatic rings. The van der Waals surface area contributed by atoms with Crippen molar-refractivity contribution in [1.82, 2.24) is 9.80 Å². The van der Waals surface area contributed by atoms with Crippen molar-refractivity contribution in [2.24, 2.45) is 11.8 Å². The van der Waals surface area contributed by atoms with E-state index in [0.717, 1.165) is 32.4 Å². The molecule has 3 fully saturated rings. The van der Waals surface area contributed by atoms with Gasteiger partial charge in [-0.05, 0) is 74.2 Å². The van der Waals surface area contributed by atoms with Gasteiger partial charge in [-0.3, -0.25) is 4.79 Å². The highest BCUT2D eigenvalue weighted by atomic mass is 35.5. The van der Waals surface area contributed by atoms with Gasteiger partial charge in [0.15, 0.2) is 0 Å². The van der Waals surface area contributed by atoms with Crippen LogP contribution in [0.5, 0.6) is 0 Å². The molecule has 2 aliphatic heterocycles. The summed E-state index contributed by atoms with van der Waals surface area (Å²) in [4.78, 5) is 17.6. The Balaban J connectivity index is 0.00000205. The highest BCUT2D eigenvalue weighted by Crippen LogP contribution is 2.44. The van der Waals surface area contributed by atoms with Gasteiger partial charge < -0.3 is 9.80 Å². The van der Waals surface area contributed by atoms with Crippen LogP contribution in [-0.4, -0.2) is 48.4 Å². The summed E-state index contributed by atoms with van der Waals surface area (Å²) in [5.74, 6) is 1.88. The van der Waals surface area contributed by atoms with Crippen LogP contribution in [0.4, 0.5) is 0 Å². The van der Waals surface area contributed by atoms with Crippen LogP contribution < -0.4 is 0 Å². The fourth-order valence-corrected chi connectivity index (χ4v) is 5.99. The van der Waals surface area contributed by atoms with Gasteiger partial charge in [-0.1, -0.05) is 43.2 Å². The molecule has 1 aromatic carbocycles. The lowest BCUT2D eigenvalue weighted by molar-refractivity contribution is -0.134. The fraction of sp³-hybridized carbons (Fsp3) is 0.640. The number of amides is 1. The molecule has 0 bridgehead atoms. The molecule has 2 saturated heterocycles.